The molecule has 0 fully saturated rings. The Balaban J connectivity index is 1.97. The van der Waals surface area contributed by atoms with Gasteiger partial charge in [-0.15, -0.1) is 0 Å². The van der Waals surface area contributed by atoms with Crippen LogP contribution in [-0.4, -0.2) is 19.5 Å². The zero-order chi connectivity index (χ0) is 15.3. The molecule has 3 N–H and O–H groups in total. The molecule has 0 spiro atoms. The van der Waals surface area contributed by atoms with Crippen molar-refractivity contribution in [1.29, 1.82) is 0 Å². The van der Waals surface area contributed by atoms with E-state index in [0.29, 0.717) is 0 Å². The second kappa shape index (κ2) is 6.33. The highest BCUT2D eigenvalue weighted by Gasteiger charge is 2.11. The van der Waals surface area contributed by atoms with Crippen molar-refractivity contribution in [1.82, 2.24) is 4.98 Å². The fourth-order valence-corrected chi connectivity index (χ4v) is 2.00. The number of primary sulfonamides is 1. The Morgan fingerprint density at radius 2 is 1.86 bits per heavy atom. The molecule has 1 aromatic heterocycles. The van der Waals surface area contributed by atoms with E-state index < -0.39 is 16.1 Å². The highest BCUT2D eigenvalue weighted by molar-refractivity contribution is 7.89. The Labute approximate surface area is 121 Å². The van der Waals surface area contributed by atoms with E-state index in [1.165, 1.54) is 18.2 Å². The number of anilines is 1. The Morgan fingerprint density at radius 1 is 1.14 bits per heavy atom. The van der Waals surface area contributed by atoms with Crippen molar-refractivity contribution in [2.75, 3.05) is 5.32 Å². The standard InChI is InChI=1S/C13H13N3O4S/c14-21(18,19)12-8-4-7-11(15-12)16-13(17)20-9-10-5-2-1-3-6-10/h1-8H,9H2,(H2,14,18,19)(H,15,16,17). The predicted molar refractivity (Wildman–Crippen MR) is 75.9 cm³/mol. The summed E-state index contributed by atoms with van der Waals surface area (Å²) in [6.07, 6.45) is -0.738. The van der Waals surface area contributed by atoms with Crippen molar-refractivity contribution in [3.8, 4) is 0 Å². The number of nitrogens with one attached hydrogen (secondary N) is 1. The van der Waals surface area contributed by atoms with Gasteiger partial charge in [0.1, 0.15) is 12.4 Å². The monoisotopic (exact) mass is 307 g/mol. The normalized spacial score (nSPS) is 10.9. The smallest absolute Gasteiger partial charge is 0.413 e. The van der Waals surface area contributed by atoms with Crippen LogP contribution >= 0.6 is 0 Å². The number of ether oxygens (including phenoxy) is 1. The summed E-state index contributed by atoms with van der Waals surface area (Å²) in [4.78, 5) is 15.3. The van der Waals surface area contributed by atoms with Crippen molar-refractivity contribution in [3.05, 3.63) is 54.1 Å². The van der Waals surface area contributed by atoms with Gasteiger partial charge in [0.25, 0.3) is 10.0 Å². The van der Waals surface area contributed by atoms with Crippen LogP contribution in [0, 0.1) is 0 Å². The highest BCUT2D eigenvalue weighted by atomic mass is 32.2. The number of benzene rings is 1. The number of hydrogen-bond acceptors (Lipinski definition) is 5. The van der Waals surface area contributed by atoms with Crippen LogP contribution in [0.2, 0.25) is 0 Å². The zero-order valence-electron chi connectivity index (χ0n) is 10.9. The average Bonchev–Trinajstić information content (AvgIpc) is 2.46. The van der Waals surface area contributed by atoms with Gasteiger partial charge in [0, 0.05) is 0 Å². The fraction of sp³-hybridized carbons (Fsp3) is 0.0769. The number of nitrogens with zero attached hydrogens (tertiary/aromatic N) is 1. The molecule has 0 radical (unpaired) electrons. The minimum Gasteiger partial charge on any atom is -0.444 e. The first-order valence-corrected chi connectivity index (χ1v) is 7.47. The summed E-state index contributed by atoms with van der Waals surface area (Å²) in [7, 11) is -3.92. The molecule has 0 unspecified atom stereocenters. The molecule has 110 valence electrons. The fourth-order valence-electron chi connectivity index (χ4n) is 1.51. The summed E-state index contributed by atoms with van der Waals surface area (Å²) < 4.78 is 27.3. The van der Waals surface area contributed by atoms with Gasteiger partial charge in [0.05, 0.1) is 0 Å². The van der Waals surface area contributed by atoms with Gasteiger partial charge in [-0.3, -0.25) is 5.32 Å². The lowest BCUT2D eigenvalue weighted by Gasteiger charge is -2.07. The van der Waals surface area contributed by atoms with Crippen molar-refractivity contribution in [2.24, 2.45) is 5.14 Å². The number of pyridine rings is 1. The molecule has 0 aliphatic heterocycles. The number of nitrogens with two attached hydrogens (primary N) is 1. The lowest BCUT2D eigenvalue weighted by Crippen LogP contribution is -2.17. The number of rotatable bonds is 4. The molecule has 0 bridgehead atoms. The lowest BCUT2D eigenvalue weighted by atomic mass is 10.2. The van der Waals surface area contributed by atoms with Crippen molar-refractivity contribution < 1.29 is 17.9 Å². The summed E-state index contributed by atoms with van der Waals surface area (Å²) >= 11 is 0. The summed E-state index contributed by atoms with van der Waals surface area (Å²) in [5.41, 5.74) is 0.832. The number of sulfonamides is 1. The molecule has 1 aromatic carbocycles. The highest BCUT2D eigenvalue weighted by Crippen LogP contribution is 2.09. The molecule has 0 saturated carbocycles. The number of aromatic nitrogens is 1. The number of carbonyl (C=O) groups excluding carboxylic acids is 1. The maximum atomic E-state index is 11.6. The van der Waals surface area contributed by atoms with E-state index in [9.17, 15) is 13.2 Å². The second-order valence-corrected chi connectivity index (χ2v) is 5.60. The first-order chi connectivity index (χ1) is 9.95. The summed E-state index contributed by atoms with van der Waals surface area (Å²) in [6.45, 7) is 0.0988. The molecule has 8 heteroatoms. The van der Waals surface area contributed by atoms with Gasteiger partial charge >= 0.3 is 6.09 Å². The molecule has 0 aliphatic rings. The van der Waals surface area contributed by atoms with E-state index in [1.807, 2.05) is 30.3 Å². The van der Waals surface area contributed by atoms with Gasteiger partial charge < -0.3 is 4.74 Å². The van der Waals surface area contributed by atoms with Crippen LogP contribution in [0.25, 0.3) is 0 Å². The Bertz CT molecular complexity index is 732. The maximum Gasteiger partial charge on any atom is 0.413 e. The molecule has 7 nitrogen and oxygen atoms in total. The van der Waals surface area contributed by atoms with E-state index in [2.05, 4.69) is 10.3 Å². The van der Waals surface area contributed by atoms with E-state index in [1.54, 1.807) is 0 Å². The molecule has 1 amide bonds. The third-order valence-electron chi connectivity index (χ3n) is 2.46. The van der Waals surface area contributed by atoms with Crippen LogP contribution in [0.15, 0.2) is 53.6 Å². The maximum absolute atomic E-state index is 11.6. The predicted octanol–water partition coefficient (Wildman–Crippen LogP) is 1.48. The van der Waals surface area contributed by atoms with Gasteiger partial charge in [-0.25, -0.2) is 23.3 Å². The third kappa shape index (κ3) is 4.55. The van der Waals surface area contributed by atoms with Gasteiger partial charge in [-0.1, -0.05) is 36.4 Å². The SMILES string of the molecule is NS(=O)(=O)c1cccc(NC(=O)OCc2ccccc2)n1. The first-order valence-electron chi connectivity index (χ1n) is 5.93. The van der Waals surface area contributed by atoms with Crippen LogP contribution in [0.5, 0.6) is 0 Å². The molecule has 2 rings (SSSR count). The average molecular weight is 307 g/mol. The molecular weight excluding hydrogens is 294 g/mol. The Hall–Kier alpha value is -2.45. The number of hydrogen-bond donors (Lipinski definition) is 2. The van der Waals surface area contributed by atoms with Crippen molar-refractivity contribution in [3.63, 3.8) is 0 Å². The van der Waals surface area contributed by atoms with Crippen LogP contribution in [-0.2, 0) is 21.4 Å². The van der Waals surface area contributed by atoms with Gasteiger partial charge in [-0.2, -0.15) is 0 Å². The molecule has 1 heterocycles. The third-order valence-corrected chi connectivity index (χ3v) is 3.27. The second-order valence-electron chi connectivity index (χ2n) is 4.09. The zero-order valence-corrected chi connectivity index (χ0v) is 11.7. The molecule has 0 saturated heterocycles. The molecular formula is C13H13N3O4S. The first kappa shape index (κ1) is 14.9. The van der Waals surface area contributed by atoms with Gasteiger partial charge in [-0.05, 0) is 17.7 Å². The number of amides is 1. The molecule has 0 aliphatic carbocycles. The summed E-state index contributed by atoms with van der Waals surface area (Å²) in [5.74, 6) is 0.0413. The van der Waals surface area contributed by atoms with Crippen molar-refractivity contribution >= 4 is 21.9 Å². The Morgan fingerprint density at radius 3 is 2.52 bits per heavy atom. The number of carbonyl (C=O) groups is 1. The minimum atomic E-state index is -3.92. The molecule has 21 heavy (non-hydrogen) atoms. The minimum absolute atomic E-state index is 0.0413. The quantitative estimate of drug-likeness (QED) is 0.888. The van der Waals surface area contributed by atoms with Crippen LogP contribution in [0.1, 0.15) is 5.56 Å². The largest absolute Gasteiger partial charge is 0.444 e. The van der Waals surface area contributed by atoms with Crippen LogP contribution in [0.3, 0.4) is 0 Å². The van der Waals surface area contributed by atoms with E-state index in [-0.39, 0.29) is 17.5 Å². The van der Waals surface area contributed by atoms with E-state index in [0.717, 1.165) is 5.56 Å². The molecule has 2 aromatic rings. The van der Waals surface area contributed by atoms with Gasteiger partial charge in [0.15, 0.2) is 5.03 Å². The summed E-state index contributed by atoms with van der Waals surface area (Å²) in [6, 6.07) is 13.2. The lowest BCUT2D eigenvalue weighted by molar-refractivity contribution is 0.155. The van der Waals surface area contributed by atoms with Crippen LogP contribution in [0.4, 0.5) is 10.6 Å². The van der Waals surface area contributed by atoms with E-state index >= 15 is 0 Å². The summed E-state index contributed by atoms with van der Waals surface area (Å²) in [5, 5.41) is 6.96. The Kier molecular flexibility index (Phi) is 4.51. The topological polar surface area (TPSA) is 111 Å². The van der Waals surface area contributed by atoms with Gasteiger partial charge in [0.2, 0.25) is 0 Å². The van der Waals surface area contributed by atoms with E-state index in [4.69, 9.17) is 9.88 Å². The molecule has 0 atom stereocenters. The van der Waals surface area contributed by atoms with Crippen LogP contribution < -0.4 is 10.5 Å². The van der Waals surface area contributed by atoms with Crippen molar-refractivity contribution in [2.45, 2.75) is 11.6 Å².